The second-order valence-corrected chi connectivity index (χ2v) is 5.33. The van der Waals surface area contributed by atoms with Gasteiger partial charge in [0, 0.05) is 6.20 Å². The number of nitrogens with zero attached hydrogens (tertiary/aromatic N) is 1. The van der Waals surface area contributed by atoms with Gasteiger partial charge in [-0.3, -0.25) is 4.90 Å². The van der Waals surface area contributed by atoms with Gasteiger partial charge in [0.1, 0.15) is 0 Å². The number of nitrogens with one attached hydrogen (secondary N) is 1. The standard InChI is InChI=1S/C17H18N2O/c1-3-10-17(11-4-2)15-14-8-6-5-7-13(14)9-12-19(15)16(20)18-17/h3-9,12,15H,1-2,10-11H2,(H,18,20). The molecule has 1 fully saturated rings. The van der Waals surface area contributed by atoms with Crippen LogP contribution in [0.5, 0.6) is 0 Å². The zero-order valence-electron chi connectivity index (χ0n) is 11.4. The lowest BCUT2D eigenvalue weighted by molar-refractivity contribution is 0.220. The molecule has 3 heteroatoms. The third-order valence-corrected chi connectivity index (χ3v) is 4.11. The predicted molar refractivity (Wildman–Crippen MR) is 80.9 cm³/mol. The maximum Gasteiger partial charge on any atom is 0.322 e. The summed E-state index contributed by atoms with van der Waals surface area (Å²) in [5.41, 5.74) is 1.99. The Labute approximate surface area is 119 Å². The van der Waals surface area contributed by atoms with E-state index in [1.807, 2.05) is 36.6 Å². The Hall–Kier alpha value is -2.29. The van der Waals surface area contributed by atoms with Gasteiger partial charge in [0.25, 0.3) is 0 Å². The van der Waals surface area contributed by atoms with Crippen LogP contribution in [0.25, 0.3) is 6.08 Å². The maximum atomic E-state index is 12.3. The van der Waals surface area contributed by atoms with Crippen LogP contribution < -0.4 is 5.32 Å². The van der Waals surface area contributed by atoms with Gasteiger partial charge in [-0.2, -0.15) is 0 Å². The minimum atomic E-state index is -0.360. The van der Waals surface area contributed by atoms with Crippen LogP contribution >= 0.6 is 0 Å². The zero-order chi connectivity index (χ0) is 14.2. The second kappa shape index (κ2) is 4.67. The number of rotatable bonds is 4. The van der Waals surface area contributed by atoms with E-state index in [1.165, 1.54) is 11.1 Å². The van der Waals surface area contributed by atoms with Crippen LogP contribution in [0.4, 0.5) is 4.79 Å². The second-order valence-electron chi connectivity index (χ2n) is 5.33. The molecule has 0 bridgehead atoms. The van der Waals surface area contributed by atoms with Crippen LogP contribution in [-0.4, -0.2) is 16.5 Å². The van der Waals surface area contributed by atoms with Crippen LogP contribution in [0.2, 0.25) is 0 Å². The van der Waals surface area contributed by atoms with E-state index < -0.39 is 0 Å². The van der Waals surface area contributed by atoms with Crippen molar-refractivity contribution in [3.05, 3.63) is 66.9 Å². The molecule has 2 heterocycles. The largest absolute Gasteiger partial charge is 0.329 e. The van der Waals surface area contributed by atoms with E-state index in [1.54, 1.807) is 4.90 Å². The van der Waals surface area contributed by atoms with E-state index in [9.17, 15) is 4.79 Å². The number of fused-ring (bicyclic) bond motifs is 3. The van der Waals surface area contributed by atoms with Gasteiger partial charge in [-0.05, 0) is 30.0 Å². The molecular weight excluding hydrogens is 248 g/mol. The van der Waals surface area contributed by atoms with Gasteiger partial charge in [-0.25, -0.2) is 4.79 Å². The monoisotopic (exact) mass is 266 g/mol. The number of benzene rings is 1. The molecule has 20 heavy (non-hydrogen) atoms. The number of hydrogen-bond donors (Lipinski definition) is 1. The Morgan fingerprint density at radius 3 is 2.65 bits per heavy atom. The normalized spacial score (nSPS) is 21.9. The van der Waals surface area contributed by atoms with Crippen molar-refractivity contribution in [3.63, 3.8) is 0 Å². The van der Waals surface area contributed by atoms with Gasteiger partial charge in [0.2, 0.25) is 0 Å². The summed E-state index contributed by atoms with van der Waals surface area (Å²) in [5.74, 6) is 0. The lowest BCUT2D eigenvalue weighted by Crippen LogP contribution is -2.44. The first-order valence-corrected chi connectivity index (χ1v) is 6.81. The van der Waals surface area contributed by atoms with E-state index in [-0.39, 0.29) is 17.6 Å². The van der Waals surface area contributed by atoms with Gasteiger partial charge in [0.15, 0.2) is 0 Å². The number of carbonyl (C=O) groups is 1. The quantitative estimate of drug-likeness (QED) is 0.829. The number of carbonyl (C=O) groups excluding carboxylic acids is 1. The van der Waals surface area contributed by atoms with E-state index >= 15 is 0 Å². The third kappa shape index (κ3) is 1.70. The van der Waals surface area contributed by atoms with E-state index in [2.05, 4.69) is 30.6 Å². The molecule has 0 saturated carbocycles. The lowest BCUT2D eigenvalue weighted by atomic mass is 9.78. The SMILES string of the molecule is C=CCC1(CC=C)NC(=O)N2C=Cc3ccccc3C21. The summed E-state index contributed by atoms with van der Waals surface area (Å²) in [7, 11) is 0. The van der Waals surface area contributed by atoms with Crippen LogP contribution in [-0.2, 0) is 0 Å². The Morgan fingerprint density at radius 2 is 1.95 bits per heavy atom. The summed E-state index contributed by atoms with van der Waals surface area (Å²) in [4.78, 5) is 14.1. The maximum absolute atomic E-state index is 12.3. The highest BCUT2D eigenvalue weighted by molar-refractivity contribution is 5.83. The van der Waals surface area contributed by atoms with Crippen LogP contribution in [0, 0.1) is 0 Å². The minimum absolute atomic E-state index is 0.00722. The molecule has 1 unspecified atom stereocenters. The lowest BCUT2D eigenvalue weighted by Gasteiger charge is -2.37. The van der Waals surface area contributed by atoms with Gasteiger partial charge < -0.3 is 5.32 Å². The predicted octanol–water partition coefficient (Wildman–Crippen LogP) is 3.63. The smallest absolute Gasteiger partial charge is 0.322 e. The Bertz CT molecular complexity index is 593. The summed E-state index contributed by atoms with van der Waals surface area (Å²) in [6.07, 6.45) is 9.03. The van der Waals surface area contributed by atoms with Crippen molar-refractivity contribution in [2.24, 2.45) is 0 Å². The average molecular weight is 266 g/mol. The summed E-state index contributed by atoms with van der Waals surface area (Å²) >= 11 is 0. The molecule has 102 valence electrons. The van der Waals surface area contributed by atoms with Crippen molar-refractivity contribution < 1.29 is 4.79 Å². The average Bonchev–Trinajstić information content (AvgIpc) is 2.73. The van der Waals surface area contributed by atoms with Crippen molar-refractivity contribution in [1.29, 1.82) is 0 Å². The molecule has 1 aromatic carbocycles. The van der Waals surface area contributed by atoms with E-state index in [4.69, 9.17) is 0 Å². The molecule has 1 N–H and O–H groups in total. The van der Waals surface area contributed by atoms with E-state index in [0.717, 1.165) is 0 Å². The molecule has 3 rings (SSSR count). The minimum Gasteiger partial charge on any atom is -0.329 e. The Kier molecular flexibility index (Phi) is 2.97. The molecule has 0 aromatic heterocycles. The number of amides is 2. The molecule has 0 radical (unpaired) electrons. The molecule has 0 aliphatic carbocycles. The first kappa shape index (κ1) is 12.7. The summed E-state index contributed by atoms with van der Waals surface area (Å²) in [5, 5.41) is 3.15. The Morgan fingerprint density at radius 1 is 1.25 bits per heavy atom. The van der Waals surface area contributed by atoms with Gasteiger partial charge >= 0.3 is 6.03 Å². The highest BCUT2D eigenvalue weighted by Gasteiger charge is 2.51. The van der Waals surface area contributed by atoms with Crippen molar-refractivity contribution in [1.82, 2.24) is 10.2 Å². The van der Waals surface area contributed by atoms with Gasteiger partial charge in [-0.1, -0.05) is 36.4 Å². The van der Waals surface area contributed by atoms with Crippen LogP contribution in [0.3, 0.4) is 0 Å². The van der Waals surface area contributed by atoms with Crippen molar-refractivity contribution in [2.45, 2.75) is 24.4 Å². The molecule has 1 aromatic rings. The highest BCUT2D eigenvalue weighted by Crippen LogP contribution is 2.45. The van der Waals surface area contributed by atoms with Crippen molar-refractivity contribution >= 4 is 12.1 Å². The fourth-order valence-corrected chi connectivity index (χ4v) is 3.33. The molecule has 2 aliphatic heterocycles. The summed E-state index contributed by atoms with van der Waals surface area (Å²) in [6, 6.07) is 8.16. The number of hydrogen-bond acceptors (Lipinski definition) is 1. The molecule has 1 atom stereocenters. The number of urea groups is 1. The zero-order valence-corrected chi connectivity index (χ0v) is 11.4. The fourth-order valence-electron chi connectivity index (χ4n) is 3.33. The molecule has 0 spiro atoms. The fraction of sp³-hybridized carbons (Fsp3) is 0.235. The highest BCUT2D eigenvalue weighted by atomic mass is 16.2. The summed E-state index contributed by atoms with van der Waals surface area (Å²) in [6.45, 7) is 7.70. The van der Waals surface area contributed by atoms with Crippen molar-refractivity contribution in [3.8, 4) is 0 Å². The first-order valence-electron chi connectivity index (χ1n) is 6.81. The molecule has 3 nitrogen and oxygen atoms in total. The van der Waals surface area contributed by atoms with Gasteiger partial charge in [-0.15, -0.1) is 13.2 Å². The summed E-state index contributed by atoms with van der Waals surface area (Å²) < 4.78 is 0. The third-order valence-electron chi connectivity index (χ3n) is 4.11. The van der Waals surface area contributed by atoms with E-state index in [0.29, 0.717) is 12.8 Å². The van der Waals surface area contributed by atoms with Crippen LogP contribution in [0.1, 0.15) is 30.0 Å². The molecule has 1 saturated heterocycles. The van der Waals surface area contributed by atoms with Crippen molar-refractivity contribution in [2.75, 3.05) is 0 Å². The topological polar surface area (TPSA) is 32.3 Å². The van der Waals surface area contributed by atoms with Gasteiger partial charge in [0.05, 0.1) is 11.6 Å². The molecule has 2 aliphatic rings. The molecular formula is C17H18N2O. The molecule has 2 amide bonds. The Balaban J connectivity index is 2.15. The first-order chi connectivity index (χ1) is 9.72. The van der Waals surface area contributed by atoms with Crippen LogP contribution in [0.15, 0.2) is 55.8 Å².